The van der Waals surface area contributed by atoms with Crippen LogP contribution in [-0.4, -0.2) is 27.2 Å². The molecule has 0 aliphatic heterocycles. The molecule has 3 aromatic rings. The van der Waals surface area contributed by atoms with Crippen LogP contribution in [0, 0.1) is 10.1 Å². The number of nitrogens with zero attached hydrogens (tertiary/aromatic N) is 3. The molecule has 0 aliphatic rings. The quantitative estimate of drug-likeness (QED) is 0.423. The van der Waals surface area contributed by atoms with E-state index in [2.05, 4.69) is 20.7 Å². The first-order valence-corrected chi connectivity index (χ1v) is 6.80. The van der Waals surface area contributed by atoms with Crippen LogP contribution in [0.5, 0.6) is 0 Å². The summed E-state index contributed by atoms with van der Waals surface area (Å²) in [4.78, 5) is 22.3. The summed E-state index contributed by atoms with van der Waals surface area (Å²) in [5.41, 5.74) is 3.39. The monoisotopic (exact) mass is 325 g/mol. The minimum Gasteiger partial charge on any atom is -0.463 e. The number of hydrazone groups is 1. The van der Waals surface area contributed by atoms with E-state index in [9.17, 15) is 14.9 Å². The lowest BCUT2D eigenvalue weighted by atomic mass is 10.1. The molecule has 0 aliphatic carbocycles. The molecule has 3 rings (SSSR count). The SMILES string of the molecule is O=C(N/N=C\c1ccco1)c1cc(-c2cccc([N+](=O)[O-])c2)n[nH]1. The number of H-pyrrole nitrogens is 1. The minimum absolute atomic E-state index is 0.0513. The van der Waals surface area contributed by atoms with Crippen LogP contribution in [0.1, 0.15) is 16.2 Å². The first-order chi connectivity index (χ1) is 11.6. The van der Waals surface area contributed by atoms with Crippen LogP contribution in [0.15, 0.2) is 58.2 Å². The van der Waals surface area contributed by atoms with Crippen molar-refractivity contribution in [1.82, 2.24) is 15.6 Å². The third kappa shape index (κ3) is 3.35. The Hall–Kier alpha value is -3.75. The van der Waals surface area contributed by atoms with Gasteiger partial charge in [-0.1, -0.05) is 12.1 Å². The van der Waals surface area contributed by atoms with Gasteiger partial charge < -0.3 is 4.42 Å². The van der Waals surface area contributed by atoms with Gasteiger partial charge in [0, 0.05) is 17.7 Å². The molecule has 1 amide bonds. The Morgan fingerprint density at radius 2 is 2.21 bits per heavy atom. The summed E-state index contributed by atoms with van der Waals surface area (Å²) >= 11 is 0. The summed E-state index contributed by atoms with van der Waals surface area (Å²) in [7, 11) is 0. The smallest absolute Gasteiger partial charge is 0.289 e. The van der Waals surface area contributed by atoms with Gasteiger partial charge in [0.1, 0.15) is 11.5 Å². The standard InChI is InChI=1S/C15H11N5O4/c21-15(19-16-9-12-5-2-6-24-12)14-8-13(17-18-14)10-3-1-4-11(7-10)20(22)23/h1-9H,(H,17,18)(H,19,21)/b16-9-. The van der Waals surface area contributed by atoms with Gasteiger partial charge in [0.2, 0.25) is 0 Å². The normalized spacial score (nSPS) is 10.8. The Labute approximate surface area is 135 Å². The molecule has 0 bridgehead atoms. The summed E-state index contributed by atoms with van der Waals surface area (Å²) in [5.74, 6) is -0.000758. The third-order valence-electron chi connectivity index (χ3n) is 3.08. The second-order valence-electron chi connectivity index (χ2n) is 4.69. The number of furan rings is 1. The predicted molar refractivity (Wildman–Crippen MR) is 84.4 cm³/mol. The van der Waals surface area contributed by atoms with E-state index in [0.717, 1.165) is 0 Å². The molecule has 0 fully saturated rings. The van der Waals surface area contributed by atoms with Crippen molar-refractivity contribution in [3.8, 4) is 11.3 Å². The number of nitrogens with one attached hydrogen (secondary N) is 2. The number of aromatic nitrogens is 2. The number of hydrogen-bond donors (Lipinski definition) is 2. The Kier molecular flexibility index (Phi) is 4.15. The Bertz CT molecular complexity index is 898. The molecule has 2 heterocycles. The maximum atomic E-state index is 12.0. The van der Waals surface area contributed by atoms with E-state index < -0.39 is 10.8 Å². The largest absolute Gasteiger partial charge is 0.463 e. The molecular formula is C15H11N5O4. The van der Waals surface area contributed by atoms with Crippen molar-refractivity contribution in [1.29, 1.82) is 0 Å². The number of benzene rings is 1. The van der Waals surface area contributed by atoms with Gasteiger partial charge in [0.25, 0.3) is 11.6 Å². The zero-order valence-corrected chi connectivity index (χ0v) is 12.2. The number of carbonyl (C=O) groups is 1. The van der Waals surface area contributed by atoms with E-state index in [1.54, 1.807) is 24.3 Å². The molecule has 9 nitrogen and oxygen atoms in total. The van der Waals surface area contributed by atoms with Gasteiger partial charge in [0.05, 0.1) is 23.1 Å². The molecule has 2 aromatic heterocycles. The molecule has 24 heavy (non-hydrogen) atoms. The zero-order chi connectivity index (χ0) is 16.9. The molecule has 0 saturated heterocycles. The van der Waals surface area contributed by atoms with Crippen molar-refractivity contribution in [3.05, 3.63) is 70.3 Å². The fourth-order valence-electron chi connectivity index (χ4n) is 1.94. The van der Waals surface area contributed by atoms with Gasteiger partial charge in [0.15, 0.2) is 0 Å². The molecule has 0 unspecified atom stereocenters. The number of amides is 1. The lowest BCUT2D eigenvalue weighted by Gasteiger charge is -1.96. The van der Waals surface area contributed by atoms with Gasteiger partial charge in [-0.2, -0.15) is 10.2 Å². The van der Waals surface area contributed by atoms with Gasteiger partial charge in [-0.3, -0.25) is 20.0 Å². The average Bonchev–Trinajstić information content (AvgIpc) is 3.26. The van der Waals surface area contributed by atoms with E-state index in [1.165, 1.54) is 30.7 Å². The summed E-state index contributed by atoms with van der Waals surface area (Å²) in [5, 5.41) is 21.1. The summed E-state index contributed by atoms with van der Waals surface area (Å²) in [6.07, 6.45) is 2.85. The Morgan fingerprint density at radius 1 is 1.33 bits per heavy atom. The minimum atomic E-state index is -0.498. The number of hydrogen-bond acceptors (Lipinski definition) is 6. The number of nitro groups is 1. The molecule has 120 valence electrons. The predicted octanol–water partition coefficient (Wildman–Crippen LogP) is 2.34. The highest BCUT2D eigenvalue weighted by molar-refractivity contribution is 5.93. The maximum absolute atomic E-state index is 12.0. The van der Waals surface area contributed by atoms with E-state index in [1.807, 2.05) is 0 Å². The van der Waals surface area contributed by atoms with Crippen LogP contribution in [0.2, 0.25) is 0 Å². The fraction of sp³-hybridized carbons (Fsp3) is 0. The van der Waals surface area contributed by atoms with E-state index in [4.69, 9.17) is 4.42 Å². The molecule has 0 saturated carbocycles. The van der Waals surface area contributed by atoms with Crippen molar-refractivity contribution in [3.63, 3.8) is 0 Å². The second kappa shape index (κ2) is 6.57. The highest BCUT2D eigenvalue weighted by Crippen LogP contribution is 2.22. The van der Waals surface area contributed by atoms with Crippen LogP contribution in [0.25, 0.3) is 11.3 Å². The number of carbonyl (C=O) groups excluding carboxylic acids is 1. The van der Waals surface area contributed by atoms with Crippen molar-refractivity contribution in [2.24, 2.45) is 5.10 Å². The first-order valence-electron chi connectivity index (χ1n) is 6.80. The highest BCUT2D eigenvalue weighted by atomic mass is 16.6. The zero-order valence-electron chi connectivity index (χ0n) is 12.2. The molecule has 0 radical (unpaired) electrons. The Balaban J connectivity index is 1.72. The van der Waals surface area contributed by atoms with Gasteiger partial charge >= 0.3 is 0 Å². The number of non-ortho nitro benzene ring substituents is 1. The first kappa shape index (κ1) is 15.2. The lowest BCUT2D eigenvalue weighted by Crippen LogP contribution is -2.17. The molecule has 1 aromatic carbocycles. The summed E-state index contributed by atoms with van der Waals surface area (Å²) in [6.45, 7) is 0. The van der Waals surface area contributed by atoms with Gasteiger partial charge in [-0.15, -0.1) is 0 Å². The second-order valence-corrected chi connectivity index (χ2v) is 4.69. The van der Waals surface area contributed by atoms with Gasteiger partial charge in [-0.25, -0.2) is 5.43 Å². The van der Waals surface area contributed by atoms with Crippen LogP contribution in [0.3, 0.4) is 0 Å². The van der Waals surface area contributed by atoms with Crippen molar-refractivity contribution in [2.75, 3.05) is 0 Å². The van der Waals surface area contributed by atoms with Crippen LogP contribution >= 0.6 is 0 Å². The third-order valence-corrected chi connectivity index (χ3v) is 3.08. The van der Waals surface area contributed by atoms with Crippen LogP contribution in [-0.2, 0) is 0 Å². The summed E-state index contributed by atoms with van der Waals surface area (Å²) in [6, 6.07) is 10.8. The molecule has 0 spiro atoms. The van der Waals surface area contributed by atoms with Gasteiger partial charge in [-0.05, 0) is 18.2 Å². The molecule has 2 N–H and O–H groups in total. The number of nitro benzene ring substituents is 1. The number of aromatic amines is 1. The fourth-order valence-corrected chi connectivity index (χ4v) is 1.94. The van der Waals surface area contributed by atoms with E-state index in [0.29, 0.717) is 17.0 Å². The molecule has 9 heteroatoms. The van der Waals surface area contributed by atoms with Crippen LogP contribution < -0.4 is 5.43 Å². The number of rotatable bonds is 5. The average molecular weight is 325 g/mol. The van der Waals surface area contributed by atoms with E-state index in [-0.39, 0.29) is 11.4 Å². The summed E-state index contributed by atoms with van der Waals surface area (Å²) < 4.78 is 5.04. The van der Waals surface area contributed by atoms with Crippen molar-refractivity contribution >= 4 is 17.8 Å². The van der Waals surface area contributed by atoms with E-state index >= 15 is 0 Å². The molecule has 0 atom stereocenters. The topological polar surface area (TPSA) is 126 Å². The van der Waals surface area contributed by atoms with Crippen molar-refractivity contribution in [2.45, 2.75) is 0 Å². The maximum Gasteiger partial charge on any atom is 0.289 e. The highest BCUT2D eigenvalue weighted by Gasteiger charge is 2.13. The van der Waals surface area contributed by atoms with Crippen LogP contribution in [0.4, 0.5) is 5.69 Å². The lowest BCUT2D eigenvalue weighted by molar-refractivity contribution is -0.384. The van der Waals surface area contributed by atoms with Crippen molar-refractivity contribution < 1.29 is 14.1 Å². The Morgan fingerprint density at radius 3 is 2.96 bits per heavy atom. The molecular weight excluding hydrogens is 314 g/mol.